The number of halogens is 12. The molecule has 0 saturated heterocycles. The summed E-state index contributed by atoms with van der Waals surface area (Å²) in [6.07, 6.45) is 4.12. The minimum atomic E-state index is -10.7. The van der Waals surface area contributed by atoms with Crippen LogP contribution in [0.2, 0.25) is 0 Å². The van der Waals surface area contributed by atoms with Crippen LogP contribution in [0.25, 0.3) is 0 Å². The van der Waals surface area contributed by atoms with Crippen LogP contribution >= 0.6 is 38.3 Å². The first-order valence-corrected chi connectivity index (χ1v) is 13.9. The van der Waals surface area contributed by atoms with Crippen LogP contribution < -0.4 is 9.13 Å². The fourth-order valence-corrected chi connectivity index (χ4v) is 2.70. The zero-order valence-electron chi connectivity index (χ0n) is 15.7. The van der Waals surface area contributed by atoms with Crippen molar-refractivity contribution in [3.05, 3.63) is 34.2 Å². The van der Waals surface area contributed by atoms with Gasteiger partial charge in [0.25, 0.3) is 0 Å². The van der Waals surface area contributed by atoms with Crippen LogP contribution in [0, 0.1) is 0 Å². The molecule has 0 radical (unpaired) electrons. The third-order valence-electron chi connectivity index (χ3n) is 2.41. The van der Waals surface area contributed by atoms with Gasteiger partial charge < -0.3 is 9.47 Å². The van der Waals surface area contributed by atoms with Crippen LogP contribution in [0.1, 0.15) is 0 Å². The summed E-state index contributed by atoms with van der Waals surface area (Å²) in [6.45, 7) is 4.63. The second-order valence-corrected chi connectivity index (χ2v) is 11.0. The Labute approximate surface area is 181 Å². The summed E-state index contributed by atoms with van der Waals surface area (Å²) in [5, 5.41) is 4.12. The maximum Gasteiger partial charge on any atom is 0.224 e. The second-order valence-electron chi connectivity index (χ2n) is 5.67. The Morgan fingerprint density at radius 3 is 1.03 bits per heavy atom. The summed E-state index contributed by atoms with van der Waals surface area (Å²) >= 11 is 3.39. The number of ether oxygens (including phenoxy) is 2. The van der Waals surface area contributed by atoms with E-state index in [1.165, 1.54) is 0 Å². The molecule has 0 atom stereocenters. The molecule has 2 aromatic heterocycles. The minimum absolute atomic E-state index is 0.666. The molecule has 2 aromatic rings. The van der Waals surface area contributed by atoms with Crippen LogP contribution in [-0.2, 0) is 22.6 Å². The van der Waals surface area contributed by atoms with Gasteiger partial charge in [-0.3, -0.25) is 0 Å². The fraction of sp³-hybridized carbons (Fsp3) is 0.500. The standard InChI is InChI=1S/C12H18N2O2S2.2F6P/c1(13-3-9-17-11-13)5-15-7-8-16-6-2-14-4-10-18-12-14;2*1-7(2,3,4,5)6/h3-4,9-12H,1-2,5-8H2;;/q+2;2*-1. The number of rotatable bonds is 9. The first-order valence-electron chi connectivity index (χ1n) is 7.96. The molecule has 194 valence electrons. The van der Waals surface area contributed by atoms with E-state index >= 15 is 0 Å². The predicted octanol–water partition coefficient (Wildman–Crippen LogP) is 7.88. The van der Waals surface area contributed by atoms with E-state index in [-0.39, 0.29) is 0 Å². The van der Waals surface area contributed by atoms with Gasteiger partial charge in [-0.1, -0.05) is 22.7 Å². The molecule has 0 aliphatic rings. The van der Waals surface area contributed by atoms with E-state index in [1.807, 2.05) is 0 Å². The average molecular weight is 576 g/mol. The molecule has 0 spiro atoms. The summed E-state index contributed by atoms with van der Waals surface area (Å²) in [5.74, 6) is 0. The number of aromatic nitrogens is 2. The van der Waals surface area contributed by atoms with Crippen molar-refractivity contribution in [2.75, 3.05) is 26.4 Å². The van der Waals surface area contributed by atoms with E-state index in [2.05, 4.69) is 43.3 Å². The van der Waals surface area contributed by atoms with Crippen LogP contribution in [0.4, 0.5) is 50.4 Å². The first-order chi connectivity index (χ1) is 13.8. The van der Waals surface area contributed by atoms with Crippen molar-refractivity contribution < 1.29 is 69.0 Å². The van der Waals surface area contributed by atoms with Crippen molar-refractivity contribution in [2.24, 2.45) is 0 Å². The monoisotopic (exact) mass is 576 g/mol. The topological polar surface area (TPSA) is 26.2 Å². The SMILES string of the molecule is F[P-](F)(F)(F)(F)F.F[P-](F)(F)(F)(F)F.c1c[n+](CCOCCOCC[n+]2ccsc2)cs1. The van der Waals surface area contributed by atoms with Crippen molar-refractivity contribution >= 4 is 38.3 Å². The number of hydrogen-bond donors (Lipinski definition) is 0. The van der Waals surface area contributed by atoms with Crippen LogP contribution in [0.15, 0.2) is 34.2 Å². The van der Waals surface area contributed by atoms with Crippen LogP contribution in [0.3, 0.4) is 0 Å². The van der Waals surface area contributed by atoms with E-state index in [9.17, 15) is 50.4 Å². The van der Waals surface area contributed by atoms with Gasteiger partial charge in [0.2, 0.25) is 11.0 Å². The summed E-state index contributed by atoms with van der Waals surface area (Å²) in [5.41, 5.74) is 4.16. The average Bonchev–Trinajstić information content (AvgIpc) is 3.16. The first kappa shape index (κ1) is 31.2. The normalized spacial score (nSPS) is 16.2. The maximum atomic E-state index is 9.87. The number of thiazole rings is 2. The molecule has 0 bridgehead atoms. The Kier molecular flexibility index (Phi) is 9.58. The Bertz CT molecular complexity index is 689. The van der Waals surface area contributed by atoms with Crippen molar-refractivity contribution in [3.8, 4) is 0 Å². The molecule has 0 aliphatic heterocycles. The van der Waals surface area contributed by atoms with Crippen LogP contribution in [0.5, 0.6) is 0 Å². The molecule has 0 fully saturated rings. The molecular weight excluding hydrogens is 558 g/mol. The Balaban J connectivity index is 0.000000570. The predicted molar refractivity (Wildman–Crippen MR) is 97.8 cm³/mol. The van der Waals surface area contributed by atoms with Crippen LogP contribution in [-0.4, -0.2) is 26.4 Å². The molecule has 0 saturated carbocycles. The Morgan fingerprint density at radius 1 is 0.531 bits per heavy atom. The van der Waals surface area contributed by atoms with E-state index in [0.717, 1.165) is 26.3 Å². The smallest absolute Gasteiger partial charge is 0.224 e. The second kappa shape index (κ2) is 9.82. The summed E-state index contributed by atoms with van der Waals surface area (Å²) in [7, 11) is -21.3. The number of nitrogens with zero attached hydrogens (tertiary/aromatic N) is 2. The molecule has 0 aliphatic carbocycles. The minimum Gasteiger partial charge on any atom is -0.372 e. The van der Waals surface area contributed by atoms with Gasteiger partial charge in [0.1, 0.15) is 13.2 Å². The maximum absolute atomic E-state index is 10.7. The van der Waals surface area contributed by atoms with Crippen molar-refractivity contribution in [3.63, 3.8) is 0 Å². The molecule has 20 heteroatoms. The van der Waals surface area contributed by atoms with Crippen molar-refractivity contribution in [1.82, 2.24) is 0 Å². The van der Waals surface area contributed by atoms with Gasteiger partial charge in [0.05, 0.1) is 24.0 Å². The molecule has 2 rings (SSSR count). The molecule has 4 nitrogen and oxygen atoms in total. The van der Waals surface area contributed by atoms with E-state index < -0.39 is 15.6 Å². The van der Waals surface area contributed by atoms with Gasteiger partial charge in [-0.15, -0.1) is 0 Å². The summed E-state index contributed by atoms with van der Waals surface area (Å²) < 4.78 is 134. The zero-order chi connectivity index (χ0) is 25.3. The Morgan fingerprint density at radius 2 is 0.812 bits per heavy atom. The fourth-order valence-electron chi connectivity index (χ4n) is 1.44. The van der Waals surface area contributed by atoms with E-state index in [1.54, 1.807) is 22.7 Å². The molecule has 0 N–H and O–H groups in total. The molecule has 0 unspecified atom stereocenters. The van der Waals surface area contributed by atoms with E-state index in [0.29, 0.717) is 13.2 Å². The van der Waals surface area contributed by atoms with Gasteiger partial charge in [0, 0.05) is 0 Å². The van der Waals surface area contributed by atoms with Gasteiger partial charge in [-0.2, -0.15) is 9.13 Å². The third-order valence-corrected chi connectivity index (χ3v) is 3.76. The molecule has 32 heavy (non-hydrogen) atoms. The molecule has 2 heterocycles. The van der Waals surface area contributed by atoms with Gasteiger partial charge >= 0.3 is 66.0 Å². The summed E-state index contributed by atoms with van der Waals surface area (Å²) in [6, 6.07) is 0. The van der Waals surface area contributed by atoms with Gasteiger partial charge in [-0.25, -0.2) is 0 Å². The van der Waals surface area contributed by atoms with Crippen molar-refractivity contribution in [1.29, 1.82) is 0 Å². The largest absolute Gasteiger partial charge is 0.372 e. The zero-order valence-corrected chi connectivity index (χ0v) is 19.1. The Hall–Kier alpha value is -0.800. The third kappa shape index (κ3) is 39.7. The summed E-state index contributed by atoms with van der Waals surface area (Å²) in [4.78, 5) is 0. The van der Waals surface area contributed by atoms with Gasteiger partial charge in [-0.05, 0) is 0 Å². The molecule has 0 aromatic carbocycles. The molecule has 0 amide bonds. The number of hydrogen-bond acceptors (Lipinski definition) is 4. The van der Waals surface area contributed by atoms with Crippen molar-refractivity contribution in [2.45, 2.75) is 13.1 Å². The van der Waals surface area contributed by atoms with Gasteiger partial charge in [0.15, 0.2) is 25.5 Å². The van der Waals surface area contributed by atoms with E-state index in [4.69, 9.17) is 9.47 Å². The quantitative estimate of drug-likeness (QED) is 0.131. The molecular formula is C12H18F12N2O2P2S2.